The fourth-order valence-electron chi connectivity index (χ4n) is 1.77. The number of hydrogen-bond donors (Lipinski definition) is 2. The van der Waals surface area contributed by atoms with Gasteiger partial charge in [0.25, 0.3) is 0 Å². The Kier molecular flexibility index (Phi) is 4.23. The summed E-state index contributed by atoms with van der Waals surface area (Å²) in [5, 5.41) is 0. The van der Waals surface area contributed by atoms with Crippen LogP contribution in [-0.2, 0) is 5.75 Å². The summed E-state index contributed by atoms with van der Waals surface area (Å²) < 4.78 is 0. The zero-order valence-corrected chi connectivity index (χ0v) is 11.4. The van der Waals surface area contributed by atoms with Gasteiger partial charge in [-0.1, -0.05) is 17.7 Å². The van der Waals surface area contributed by atoms with Gasteiger partial charge in [0.05, 0.1) is 0 Å². The Bertz CT molecular complexity index is 540. The summed E-state index contributed by atoms with van der Waals surface area (Å²) in [6.45, 7) is 4.26. The first-order valence-electron chi connectivity index (χ1n) is 5.80. The van der Waals surface area contributed by atoms with Gasteiger partial charge >= 0.3 is 0 Å². The largest absolute Gasteiger partial charge is 0.308 e. The fourth-order valence-corrected chi connectivity index (χ4v) is 2.72. The van der Waals surface area contributed by atoms with Crippen molar-refractivity contribution in [3.8, 4) is 0 Å². The molecule has 18 heavy (non-hydrogen) atoms. The number of rotatable bonds is 4. The molecule has 1 heterocycles. The van der Waals surface area contributed by atoms with Crippen LogP contribution in [0.4, 0.5) is 5.82 Å². The molecule has 0 aliphatic rings. The molecule has 0 unspecified atom stereocenters. The monoisotopic (exact) mass is 259 g/mol. The number of anilines is 1. The molecule has 3 N–H and O–H groups in total. The maximum atomic E-state index is 5.35. The second-order valence-electron chi connectivity index (χ2n) is 4.25. The van der Waals surface area contributed by atoms with E-state index in [1.54, 1.807) is 6.20 Å². The van der Waals surface area contributed by atoms with Crippen LogP contribution in [0.15, 0.2) is 41.4 Å². The molecule has 0 fully saturated rings. The van der Waals surface area contributed by atoms with Gasteiger partial charge in [0.15, 0.2) is 0 Å². The molecule has 4 heteroatoms. The lowest BCUT2D eigenvalue weighted by Crippen LogP contribution is -2.08. The summed E-state index contributed by atoms with van der Waals surface area (Å²) in [5.41, 5.74) is 6.40. The van der Waals surface area contributed by atoms with Crippen LogP contribution in [0.1, 0.15) is 16.7 Å². The summed E-state index contributed by atoms with van der Waals surface area (Å²) >= 11 is 1.83. The number of hydrogen-bond acceptors (Lipinski definition) is 4. The van der Waals surface area contributed by atoms with Crippen molar-refractivity contribution in [3.05, 3.63) is 53.2 Å². The van der Waals surface area contributed by atoms with Gasteiger partial charge in [0, 0.05) is 16.8 Å². The van der Waals surface area contributed by atoms with E-state index in [0.29, 0.717) is 5.82 Å². The molecule has 0 aliphatic heterocycles. The minimum absolute atomic E-state index is 0.703. The molecule has 2 rings (SSSR count). The highest BCUT2D eigenvalue weighted by Crippen LogP contribution is 2.26. The highest BCUT2D eigenvalue weighted by atomic mass is 32.2. The Balaban J connectivity index is 2.06. The van der Waals surface area contributed by atoms with E-state index in [0.717, 1.165) is 5.75 Å². The van der Waals surface area contributed by atoms with Gasteiger partial charge in [-0.3, -0.25) is 0 Å². The third kappa shape index (κ3) is 3.24. The number of nitrogen functional groups attached to an aromatic ring is 1. The fraction of sp³-hybridized carbons (Fsp3) is 0.214. The first-order chi connectivity index (χ1) is 8.69. The number of benzene rings is 1. The van der Waals surface area contributed by atoms with Gasteiger partial charge in [-0.15, -0.1) is 11.8 Å². The molecular weight excluding hydrogens is 242 g/mol. The van der Waals surface area contributed by atoms with Crippen LogP contribution in [0.25, 0.3) is 0 Å². The average molecular weight is 259 g/mol. The lowest BCUT2D eigenvalue weighted by atomic mass is 10.2. The van der Waals surface area contributed by atoms with E-state index >= 15 is 0 Å². The summed E-state index contributed by atoms with van der Waals surface area (Å²) in [4.78, 5) is 5.42. The van der Waals surface area contributed by atoms with Crippen LogP contribution in [-0.4, -0.2) is 4.98 Å². The van der Waals surface area contributed by atoms with Gasteiger partial charge in [0.2, 0.25) is 0 Å². The first kappa shape index (κ1) is 12.9. The number of aromatic nitrogens is 1. The van der Waals surface area contributed by atoms with Gasteiger partial charge < -0.3 is 5.43 Å². The standard InChI is InChI=1S/C14H17N3S/c1-10-3-4-13(11(2)7-10)18-9-12-5-6-16-14(8-12)17-15/h3-8H,9,15H2,1-2H3,(H,16,17). The van der Waals surface area contributed by atoms with Crippen molar-refractivity contribution < 1.29 is 0 Å². The SMILES string of the molecule is Cc1ccc(SCc2ccnc(NN)c2)c(C)c1. The summed E-state index contributed by atoms with van der Waals surface area (Å²) in [6.07, 6.45) is 1.77. The maximum absolute atomic E-state index is 5.35. The maximum Gasteiger partial charge on any atom is 0.140 e. The summed E-state index contributed by atoms with van der Waals surface area (Å²) in [7, 11) is 0. The molecular formula is C14H17N3S. The zero-order chi connectivity index (χ0) is 13.0. The zero-order valence-electron chi connectivity index (χ0n) is 10.6. The van der Waals surface area contributed by atoms with E-state index < -0.39 is 0 Å². The molecule has 1 aromatic carbocycles. The molecule has 0 amide bonds. The second kappa shape index (κ2) is 5.89. The molecule has 0 bridgehead atoms. The van der Waals surface area contributed by atoms with E-state index in [1.165, 1.54) is 21.6 Å². The number of aryl methyl sites for hydroxylation is 2. The van der Waals surface area contributed by atoms with Crippen molar-refractivity contribution in [3.63, 3.8) is 0 Å². The molecule has 3 nitrogen and oxygen atoms in total. The molecule has 0 atom stereocenters. The van der Waals surface area contributed by atoms with E-state index in [9.17, 15) is 0 Å². The van der Waals surface area contributed by atoms with E-state index in [4.69, 9.17) is 5.84 Å². The van der Waals surface area contributed by atoms with Crippen molar-refractivity contribution in [1.82, 2.24) is 4.98 Å². The number of nitrogens with one attached hydrogen (secondary N) is 1. The summed E-state index contributed by atoms with van der Waals surface area (Å²) in [6, 6.07) is 10.5. The van der Waals surface area contributed by atoms with Crippen molar-refractivity contribution in [2.75, 3.05) is 5.43 Å². The lowest BCUT2D eigenvalue weighted by Gasteiger charge is -2.07. The van der Waals surface area contributed by atoms with Gasteiger partial charge in [0.1, 0.15) is 5.82 Å². The van der Waals surface area contributed by atoms with E-state index in [2.05, 4.69) is 42.5 Å². The van der Waals surface area contributed by atoms with Crippen LogP contribution in [0.5, 0.6) is 0 Å². The van der Waals surface area contributed by atoms with Crippen LogP contribution >= 0.6 is 11.8 Å². The molecule has 0 spiro atoms. The van der Waals surface area contributed by atoms with E-state index in [-0.39, 0.29) is 0 Å². The normalized spacial score (nSPS) is 10.4. The van der Waals surface area contributed by atoms with Crippen molar-refractivity contribution in [1.29, 1.82) is 0 Å². The Labute approximate surface area is 112 Å². The predicted octanol–water partition coefficient (Wildman–Crippen LogP) is 3.28. The molecule has 1 aromatic heterocycles. The average Bonchev–Trinajstić information content (AvgIpc) is 2.38. The smallest absolute Gasteiger partial charge is 0.140 e. The Hall–Kier alpha value is -1.52. The molecule has 0 radical (unpaired) electrons. The van der Waals surface area contributed by atoms with Crippen LogP contribution < -0.4 is 11.3 Å². The lowest BCUT2D eigenvalue weighted by molar-refractivity contribution is 1.20. The predicted molar refractivity (Wildman–Crippen MR) is 77.5 cm³/mol. The minimum Gasteiger partial charge on any atom is -0.308 e. The Morgan fingerprint density at radius 2 is 2.06 bits per heavy atom. The number of hydrazine groups is 1. The third-order valence-corrected chi connectivity index (χ3v) is 3.94. The molecule has 94 valence electrons. The topological polar surface area (TPSA) is 50.9 Å². The van der Waals surface area contributed by atoms with Crippen LogP contribution in [0.3, 0.4) is 0 Å². The highest BCUT2D eigenvalue weighted by Gasteiger charge is 2.01. The van der Waals surface area contributed by atoms with Gasteiger partial charge in [-0.25, -0.2) is 10.8 Å². The molecule has 0 aliphatic carbocycles. The molecule has 2 aromatic rings. The number of nitrogens with zero attached hydrogens (tertiary/aromatic N) is 1. The molecule has 0 saturated carbocycles. The van der Waals surface area contributed by atoms with E-state index in [1.807, 2.05) is 23.9 Å². The number of thioether (sulfide) groups is 1. The Morgan fingerprint density at radius 3 is 2.78 bits per heavy atom. The van der Waals surface area contributed by atoms with Crippen molar-refractivity contribution in [2.45, 2.75) is 24.5 Å². The summed E-state index contributed by atoms with van der Waals surface area (Å²) in [5.74, 6) is 6.97. The number of nitrogens with two attached hydrogens (primary N) is 1. The number of pyridine rings is 1. The second-order valence-corrected chi connectivity index (χ2v) is 5.27. The highest BCUT2D eigenvalue weighted by molar-refractivity contribution is 7.98. The Morgan fingerprint density at radius 1 is 1.22 bits per heavy atom. The van der Waals surface area contributed by atoms with Crippen LogP contribution in [0.2, 0.25) is 0 Å². The van der Waals surface area contributed by atoms with Gasteiger partial charge in [-0.2, -0.15) is 0 Å². The van der Waals surface area contributed by atoms with Crippen molar-refractivity contribution in [2.24, 2.45) is 5.84 Å². The third-order valence-electron chi connectivity index (χ3n) is 2.70. The van der Waals surface area contributed by atoms with Gasteiger partial charge in [-0.05, 0) is 43.2 Å². The quantitative estimate of drug-likeness (QED) is 0.502. The van der Waals surface area contributed by atoms with Crippen LogP contribution in [0, 0.1) is 13.8 Å². The minimum atomic E-state index is 0.703. The first-order valence-corrected chi connectivity index (χ1v) is 6.79. The van der Waals surface area contributed by atoms with Crippen molar-refractivity contribution >= 4 is 17.6 Å². The molecule has 0 saturated heterocycles.